The number of Topliss-reactive ketones (excluding diaryl/α,β-unsaturated/α-hetero) is 1. The number of ether oxygens (including phenoxy) is 1. The van der Waals surface area contributed by atoms with Crippen LogP contribution in [0.2, 0.25) is 0 Å². The Kier molecular flexibility index (Phi) is 4.38. The Labute approximate surface area is 108 Å². The van der Waals surface area contributed by atoms with Gasteiger partial charge in [-0.2, -0.15) is 0 Å². The fraction of sp³-hybridized carbons (Fsp3) is 0.857. The molecular weight excluding hydrogens is 232 g/mol. The van der Waals surface area contributed by atoms with E-state index in [1.54, 1.807) is 0 Å². The SMILES string of the molecule is CC(=O)CCCC(=O)O[C@H]1CC[C@H]2[C@@H]1CC[C@@H]2O. The number of fused-ring (bicyclic) bond motifs is 1. The van der Waals surface area contributed by atoms with E-state index in [1.807, 2.05) is 0 Å². The number of carbonyl (C=O) groups is 2. The van der Waals surface area contributed by atoms with Gasteiger partial charge in [0.2, 0.25) is 0 Å². The molecule has 0 aromatic carbocycles. The highest BCUT2D eigenvalue weighted by atomic mass is 16.5. The Morgan fingerprint density at radius 1 is 1.11 bits per heavy atom. The standard InChI is InChI=1S/C14H22O4/c1-9(15)3-2-4-14(17)18-13-8-6-10-11(13)5-7-12(10)16/h10-13,16H,2-8H2,1H3/t10-,11-,12-,13-/m0/s1. The second kappa shape index (κ2) is 5.83. The maximum atomic E-state index is 11.7. The second-order valence-electron chi connectivity index (χ2n) is 5.63. The maximum Gasteiger partial charge on any atom is 0.306 e. The molecule has 0 unspecified atom stereocenters. The minimum Gasteiger partial charge on any atom is -0.462 e. The molecular formula is C14H22O4. The van der Waals surface area contributed by atoms with Crippen LogP contribution >= 0.6 is 0 Å². The van der Waals surface area contributed by atoms with Crippen molar-refractivity contribution in [1.82, 2.24) is 0 Å². The first-order valence-corrected chi connectivity index (χ1v) is 6.95. The zero-order chi connectivity index (χ0) is 13.1. The molecule has 0 saturated heterocycles. The van der Waals surface area contributed by atoms with E-state index in [-0.39, 0.29) is 24.0 Å². The third kappa shape index (κ3) is 3.10. The van der Waals surface area contributed by atoms with Gasteiger partial charge >= 0.3 is 5.97 Å². The molecule has 0 spiro atoms. The first-order chi connectivity index (χ1) is 8.58. The summed E-state index contributed by atoms with van der Waals surface area (Å²) in [4.78, 5) is 22.4. The van der Waals surface area contributed by atoms with Gasteiger partial charge in [-0.05, 0) is 44.9 Å². The van der Waals surface area contributed by atoms with Crippen molar-refractivity contribution < 1.29 is 19.4 Å². The molecule has 2 saturated carbocycles. The summed E-state index contributed by atoms with van der Waals surface area (Å²) in [6.07, 6.45) is 4.82. The van der Waals surface area contributed by atoms with E-state index >= 15 is 0 Å². The van der Waals surface area contributed by atoms with Crippen LogP contribution in [-0.2, 0) is 14.3 Å². The minimum absolute atomic E-state index is 0.00280. The molecule has 2 aliphatic rings. The lowest BCUT2D eigenvalue weighted by molar-refractivity contribution is -0.151. The van der Waals surface area contributed by atoms with Crippen molar-refractivity contribution in [3.63, 3.8) is 0 Å². The number of hydrogen-bond donors (Lipinski definition) is 1. The van der Waals surface area contributed by atoms with Crippen molar-refractivity contribution in [2.24, 2.45) is 11.8 Å². The van der Waals surface area contributed by atoms with Crippen LogP contribution in [-0.4, -0.2) is 29.1 Å². The molecule has 0 aliphatic heterocycles. The van der Waals surface area contributed by atoms with Gasteiger partial charge in [-0.25, -0.2) is 0 Å². The highest BCUT2D eigenvalue weighted by Crippen LogP contribution is 2.45. The van der Waals surface area contributed by atoms with Crippen LogP contribution < -0.4 is 0 Å². The Balaban J connectivity index is 1.73. The fourth-order valence-electron chi connectivity index (χ4n) is 3.37. The normalized spacial score (nSPS) is 34.3. The Bertz CT molecular complexity index is 326. The summed E-state index contributed by atoms with van der Waals surface area (Å²) in [5.41, 5.74) is 0. The van der Waals surface area contributed by atoms with Gasteiger partial charge in [-0.1, -0.05) is 0 Å². The molecule has 0 amide bonds. The monoisotopic (exact) mass is 254 g/mol. The topological polar surface area (TPSA) is 63.6 Å². The van der Waals surface area contributed by atoms with Gasteiger partial charge in [0.05, 0.1) is 6.10 Å². The average molecular weight is 254 g/mol. The maximum absolute atomic E-state index is 11.7. The lowest BCUT2D eigenvalue weighted by atomic mass is 9.98. The molecule has 1 N–H and O–H groups in total. The lowest BCUT2D eigenvalue weighted by Gasteiger charge is -2.19. The number of rotatable bonds is 5. The third-order valence-corrected chi connectivity index (χ3v) is 4.29. The molecule has 102 valence electrons. The highest BCUT2D eigenvalue weighted by molar-refractivity contribution is 5.76. The summed E-state index contributed by atoms with van der Waals surface area (Å²) < 4.78 is 5.49. The minimum atomic E-state index is -0.198. The van der Waals surface area contributed by atoms with Crippen LogP contribution in [0.25, 0.3) is 0 Å². The van der Waals surface area contributed by atoms with Gasteiger partial charge < -0.3 is 14.6 Å². The number of ketones is 1. The second-order valence-corrected chi connectivity index (χ2v) is 5.63. The smallest absolute Gasteiger partial charge is 0.306 e. The van der Waals surface area contributed by atoms with Gasteiger partial charge in [0, 0.05) is 18.8 Å². The number of aliphatic hydroxyl groups excluding tert-OH is 1. The van der Waals surface area contributed by atoms with Crippen LogP contribution in [0, 0.1) is 11.8 Å². The van der Waals surface area contributed by atoms with E-state index < -0.39 is 0 Å². The molecule has 4 atom stereocenters. The van der Waals surface area contributed by atoms with Crippen LogP contribution in [0.5, 0.6) is 0 Å². The molecule has 2 fully saturated rings. The van der Waals surface area contributed by atoms with Crippen LogP contribution in [0.15, 0.2) is 0 Å². The predicted octanol–water partition coefficient (Wildman–Crippen LogP) is 1.84. The van der Waals surface area contributed by atoms with Crippen molar-refractivity contribution in [3.05, 3.63) is 0 Å². The molecule has 0 aromatic heterocycles. The summed E-state index contributed by atoms with van der Waals surface area (Å²) in [5.74, 6) is 0.614. The lowest BCUT2D eigenvalue weighted by Crippen LogP contribution is -2.24. The van der Waals surface area contributed by atoms with Crippen molar-refractivity contribution in [3.8, 4) is 0 Å². The van der Waals surface area contributed by atoms with Crippen LogP contribution in [0.1, 0.15) is 51.9 Å². The third-order valence-electron chi connectivity index (χ3n) is 4.29. The summed E-state index contributed by atoms with van der Waals surface area (Å²) >= 11 is 0. The quantitative estimate of drug-likeness (QED) is 0.760. The van der Waals surface area contributed by atoms with Gasteiger partial charge in [0.1, 0.15) is 11.9 Å². The summed E-state index contributed by atoms with van der Waals surface area (Å²) in [6.45, 7) is 1.53. The summed E-state index contributed by atoms with van der Waals surface area (Å²) in [5, 5.41) is 9.78. The zero-order valence-corrected chi connectivity index (χ0v) is 10.9. The predicted molar refractivity (Wildman–Crippen MR) is 65.9 cm³/mol. The molecule has 18 heavy (non-hydrogen) atoms. The Morgan fingerprint density at radius 2 is 1.83 bits per heavy atom. The molecule has 0 bridgehead atoms. The van der Waals surface area contributed by atoms with Crippen molar-refractivity contribution >= 4 is 11.8 Å². The van der Waals surface area contributed by atoms with E-state index in [4.69, 9.17) is 4.74 Å². The first-order valence-electron chi connectivity index (χ1n) is 6.95. The molecule has 4 nitrogen and oxygen atoms in total. The van der Waals surface area contributed by atoms with E-state index in [2.05, 4.69) is 0 Å². The molecule has 2 aliphatic carbocycles. The fourth-order valence-corrected chi connectivity index (χ4v) is 3.37. The van der Waals surface area contributed by atoms with E-state index in [0.29, 0.717) is 31.1 Å². The number of hydrogen-bond acceptors (Lipinski definition) is 4. The van der Waals surface area contributed by atoms with E-state index in [9.17, 15) is 14.7 Å². The van der Waals surface area contributed by atoms with Crippen molar-refractivity contribution in [1.29, 1.82) is 0 Å². The highest BCUT2D eigenvalue weighted by Gasteiger charge is 2.45. The average Bonchev–Trinajstić information content (AvgIpc) is 2.83. The van der Waals surface area contributed by atoms with Gasteiger partial charge in [0.25, 0.3) is 0 Å². The first kappa shape index (κ1) is 13.5. The largest absolute Gasteiger partial charge is 0.462 e. The van der Waals surface area contributed by atoms with E-state index in [1.165, 1.54) is 6.92 Å². The number of carbonyl (C=O) groups excluding carboxylic acids is 2. The summed E-state index contributed by atoms with van der Waals surface area (Å²) in [6, 6.07) is 0. The Hall–Kier alpha value is -0.900. The molecule has 0 heterocycles. The van der Waals surface area contributed by atoms with Gasteiger partial charge in [-0.3, -0.25) is 4.79 Å². The molecule has 2 rings (SSSR count). The van der Waals surface area contributed by atoms with Gasteiger partial charge in [-0.15, -0.1) is 0 Å². The molecule has 4 heteroatoms. The van der Waals surface area contributed by atoms with Crippen LogP contribution in [0.4, 0.5) is 0 Å². The number of aliphatic hydroxyl groups is 1. The van der Waals surface area contributed by atoms with E-state index in [0.717, 1.165) is 25.7 Å². The van der Waals surface area contributed by atoms with Crippen molar-refractivity contribution in [2.45, 2.75) is 64.1 Å². The Morgan fingerprint density at radius 3 is 2.56 bits per heavy atom. The van der Waals surface area contributed by atoms with Crippen molar-refractivity contribution in [2.75, 3.05) is 0 Å². The molecule has 0 aromatic rings. The summed E-state index contributed by atoms with van der Waals surface area (Å²) in [7, 11) is 0. The van der Waals surface area contributed by atoms with Crippen LogP contribution in [0.3, 0.4) is 0 Å². The number of esters is 1. The van der Waals surface area contributed by atoms with Gasteiger partial charge in [0.15, 0.2) is 0 Å². The molecule has 0 radical (unpaired) electrons. The zero-order valence-electron chi connectivity index (χ0n) is 10.9.